The van der Waals surface area contributed by atoms with Crippen molar-refractivity contribution in [2.75, 3.05) is 0 Å². The van der Waals surface area contributed by atoms with Crippen LogP contribution in [0.4, 0.5) is 5.69 Å². The van der Waals surface area contributed by atoms with E-state index in [0.717, 1.165) is 22.3 Å². The molecule has 0 atom stereocenters. The zero-order chi connectivity index (χ0) is 12.3. The molecule has 0 aliphatic rings. The van der Waals surface area contributed by atoms with Crippen molar-refractivity contribution >= 4 is 11.3 Å². The Morgan fingerprint density at radius 1 is 1.12 bits per heavy atom. The van der Waals surface area contributed by atoms with Gasteiger partial charge >= 0.3 is 0 Å². The van der Waals surface area contributed by atoms with Gasteiger partial charge in [0.2, 0.25) is 0 Å². The zero-order valence-corrected chi connectivity index (χ0v) is 9.77. The molecule has 0 heterocycles. The third-order valence-corrected chi connectivity index (χ3v) is 2.72. The maximum absolute atomic E-state index is 7.19. The average Bonchev–Trinajstić information content (AvgIpc) is 2.39. The van der Waals surface area contributed by atoms with Crippen LogP contribution < -0.4 is 0 Å². The van der Waals surface area contributed by atoms with Crippen molar-refractivity contribution in [3.63, 3.8) is 0 Å². The molecule has 0 N–H and O–H groups in total. The second-order valence-corrected chi connectivity index (χ2v) is 3.98. The molecule has 82 valence electrons. The van der Waals surface area contributed by atoms with Crippen molar-refractivity contribution in [2.24, 2.45) is 0 Å². The van der Waals surface area contributed by atoms with E-state index in [-0.39, 0.29) is 0 Å². The van der Waals surface area contributed by atoms with E-state index in [9.17, 15) is 0 Å². The molecule has 0 saturated carbocycles. The van der Waals surface area contributed by atoms with Crippen molar-refractivity contribution in [2.45, 2.75) is 6.92 Å². The third-order valence-electron chi connectivity index (χ3n) is 2.72. The third kappa shape index (κ3) is 2.26. The fraction of sp³-hybridized carbons (Fsp3) is 0.0625. The first kappa shape index (κ1) is 11.2. The Balaban J connectivity index is 2.52. The molecule has 1 nitrogen and oxygen atoms in total. The maximum atomic E-state index is 7.19. The van der Waals surface area contributed by atoms with Gasteiger partial charge in [0, 0.05) is 0 Å². The Hall–Kier alpha value is -2.33. The van der Waals surface area contributed by atoms with Crippen molar-refractivity contribution in [3.05, 3.63) is 83.2 Å². The summed E-state index contributed by atoms with van der Waals surface area (Å²) < 4.78 is 0. The fourth-order valence-corrected chi connectivity index (χ4v) is 1.78. The molecule has 0 aliphatic heterocycles. The summed E-state index contributed by atoms with van der Waals surface area (Å²) in [5.41, 5.74) is 4.68. The van der Waals surface area contributed by atoms with Gasteiger partial charge in [0.05, 0.1) is 6.57 Å². The van der Waals surface area contributed by atoms with E-state index in [1.807, 2.05) is 55.5 Å². The standard InChI is InChI=1S/C16H13N/c1-12-9-10-16(17-3)15(11-12)13(2)14-7-5-4-6-8-14/h4-11H,2H2,1H3. The Morgan fingerprint density at radius 3 is 2.47 bits per heavy atom. The van der Waals surface area contributed by atoms with Crippen LogP contribution in [0.1, 0.15) is 16.7 Å². The van der Waals surface area contributed by atoms with Gasteiger partial charge in [0.25, 0.3) is 0 Å². The summed E-state index contributed by atoms with van der Waals surface area (Å²) in [6.07, 6.45) is 0. The zero-order valence-electron chi connectivity index (χ0n) is 9.77. The minimum Gasteiger partial charge on any atom is -0.238 e. The van der Waals surface area contributed by atoms with Crippen LogP contribution in [0.3, 0.4) is 0 Å². The van der Waals surface area contributed by atoms with Gasteiger partial charge in [-0.2, -0.15) is 0 Å². The topological polar surface area (TPSA) is 4.36 Å². The first-order chi connectivity index (χ1) is 8.22. The maximum Gasteiger partial charge on any atom is 0.194 e. The summed E-state index contributed by atoms with van der Waals surface area (Å²) in [6, 6.07) is 15.8. The van der Waals surface area contributed by atoms with Crippen LogP contribution in [-0.2, 0) is 0 Å². The number of hydrogen-bond donors (Lipinski definition) is 0. The molecule has 0 amide bonds. The molecule has 0 bridgehead atoms. The van der Waals surface area contributed by atoms with E-state index in [4.69, 9.17) is 6.57 Å². The summed E-state index contributed by atoms with van der Waals surface area (Å²) >= 11 is 0. The Bertz CT molecular complexity index is 589. The largest absolute Gasteiger partial charge is 0.238 e. The quantitative estimate of drug-likeness (QED) is 0.650. The van der Waals surface area contributed by atoms with Crippen molar-refractivity contribution in [1.82, 2.24) is 0 Å². The second-order valence-electron chi connectivity index (χ2n) is 3.98. The lowest BCUT2D eigenvalue weighted by Crippen LogP contribution is -1.87. The van der Waals surface area contributed by atoms with E-state index in [0.29, 0.717) is 5.69 Å². The molecule has 0 aromatic heterocycles. The minimum atomic E-state index is 0.657. The number of benzene rings is 2. The molecule has 0 saturated heterocycles. The molecule has 17 heavy (non-hydrogen) atoms. The molecule has 2 aromatic rings. The Labute approximate surface area is 102 Å². The monoisotopic (exact) mass is 219 g/mol. The van der Waals surface area contributed by atoms with Gasteiger partial charge in [-0.25, -0.2) is 4.85 Å². The summed E-state index contributed by atoms with van der Waals surface area (Å²) in [5.74, 6) is 0. The fourth-order valence-electron chi connectivity index (χ4n) is 1.78. The highest BCUT2D eigenvalue weighted by Crippen LogP contribution is 2.30. The normalized spacial score (nSPS) is 9.65. The smallest absolute Gasteiger partial charge is 0.194 e. The van der Waals surface area contributed by atoms with Crippen molar-refractivity contribution in [1.29, 1.82) is 0 Å². The second kappa shape index (κ2) is 4.67. The predicted octanol–water partition coefficient (Wildman–Crippen LogP) is 4.61. The highest BCUT2D eigenvalue weighted by atomic mass is 14.6. The van der Waals surface area contributed by atoms with Crippen LogP contribution in [0.15, 0.2) is 55.1 Å². The first-order valence-electron chi connectivity index (χ1n) is 5.45. The highest BCUT2D eigenvalue weighted by Gasteiger charge is 2.07. The molecule has 1 heteroatoms. The molecule has 0 aliphatic carbocycles. The molecule has 0 spiro atoms. The molecule has 2 rings (SSSR count). The summed E-state index contributed by atoms with van der Waals surface area (Å²) in [7, 11) is 0. The van der Waals surface area contributed by atoms with Gasteiger partial charge in [0.15, 0.2) is 5.69 Å². The predicted molar refractivity (Wildman–Crippen MR) is 72.0 cm³/mol. The first-order valence-corrected chi connectivity index (χ1v) is 5.45. The summed E-state index contributed by atoms with van der Waals surface area (Å²) in [4.78, 5) is 3.55. The van der Waals surface area contributed by atoms with Crippen LogP contribution in [0.2, 0.25) is 0 Å². The SMILES string of the molecule is [C-]#[N+]c1ccc(C)cc1C(=C)c1ccccc1. The van der Waals surface area contributed by atoms with Crippen LogP contribution >= 0.6 is 0 Å². The van der Waals surface area contributed by atoms with E-state index < -0.39 is 0 Å². The van der Waals surface area contributed by atoms with Crippen molar-refractivity contribution < 1.29 is 0 Å². The lowest BCUT2D eigenvalue weighted by atomic mass is 9.97. The number of rotatable bonds is 2. The van der Waals surface area contributed by atoms with Crippen LogP contribution in [-0.4, -0.2) is 0 Å². The molecule has 0 unspecified atom stereocenters. The van der Waals surface area contributed by atoms with Crippen LogP contribution in [0.25, 0.3) is 10.4 Å². The number of hydrogen-bond acceptors (Lipinski definition) is 0. The van der Waals surface area contributed by atoms with E-state index in [2.05, 4.69) is 11.4 Å². The minimum absolute atomic E-state index is 0.657. The molecule has 2 aromatic carbocycles. The van der Waals surface area contributed by atoms with E-state index >= 15 is 0 Å². The van der Waals surface area contributed by atoms with Gasteiger partial charge in [-0.05, 0) is 23.6 Å². The molecular weight excluding hydrogens is 206 g/mol. The van der Waals surface area contributed by atoms with E-state index in [1.165, 1.54) is 0 Å². The summed E-state index contributed by atoms with van der Waals surface area (Å²) in [6.45, 7) is 13.3. The van der Waals surface area contributed by atoms with E-state index in [1.54, 1.807) is 0 Å². The van der Waals surface area contributed by atoms with Gasteiger partial charge in [0.1, 0.15) is 0 Å². The van der Waals surface area contributed by atoms with Crippen molar-refractivity contribution in [3.8, 4) is 0 Å². The Kier molecular flexibility index (Phi) is 3.07. The lowest BCUT2D eigenvalue weighted by Gasteiger charge is -2.09. The van der Waals surface area contributed by atoms with Gasteiger partial charge in [-0.3, -0.25) is 0 Å². The van der Waals surface area contributed by atoms with Crippen LogP contribution in [0.5, 0.6) is 0 Å². The van der Waals surface area contributed by atoms with Gasteiger partial charge in [-0.15, -0.1) is 0 Å². The van der Waals surface area contributed by atoms with Crippen LogP contribution in [0, 0.1) is 13.5 Å². The Morgan fingerprint density at radius 2 is 1.82 bits per heavy atom. The van der Waals surface area contributed by atoms with Gasteiger partial charge < -0.3 is 0 Å². The number of nitrogens with zero attached hydrogens (tertiary/aromatic N) is 1. The average molecular weight is 219 g/mol. The summed E-state index contributed by atoms with van der Waals surface area (Å²) in [5, 5.41) is 0. The highest BCUT2D eigenvalue weighted by molar-refractivity contribution is 5.85. The molecular formula is C16H13N. The lowest BCUT2D eigenvalue weighted by molar-refractivity contribution is 1.45. The van der Waals surface area contributed by atoms with Gasteiger partial charge in [-0.1, -0.05) is 60.7 Å². The number of aryl methyl sites for hydroxylation is 1. The molecule has 0 radical (unpaired) electrons. The molecule has 0 fully saturated rings.